The molecule has 1 aliphatic heterocycles. The van der Waals surface area contributed by atoms with E-state index in [1.165, 1.54) is 0 Å². The summed E-state index contributed by atoms with van der Waals surface area (Å²) in [6.07, 6.45) is 0.812. The van der Waals surface area contributed by atoms with E-state index in [2.05, 4.69) is 15.1 Å². The van der Waals surface area contributed by atoms with Gasteiger partial charge in [0.2, 0.25) is 11.8 Å². The minimum absolute atomic E-state index is 0.0341. The highest BCUT2D eigenvalue weighted by Gasteiger charge is 2.22. The van der Waals surface area contributed by atoms with Crippen molar-refractivity contribution in [1.29, 1.82) is 0 Å². The summed E-state index contributed by atoms with van der Waals surface area (Å²) in [5, 5.41) is 3.59. The number of nitrogens with zero attached hydrogens (tertiary/aromatic N) is 3. The predicted molar refractivity (Wildman–Crippen MR) is 128 cm³/mol. The molecule has 1 N–H and O–H groups in total. The number of methoxy groups -OCH3 is 1. The van der Waals surface area contributed by atoms with Gasteiger partial charge in [0.05, 0.1) is 19.6 Å². The van der Waals surface area contributed by atoms with E-state index in [-0.39, 0.29) is 11.8 Å². The minimum atomic E-state index is 0.0341. The molecule has 33 heavy (non-hydrogen) atoms. The molecule has 0 aliphatic carbocycles. The van der Waals surface area contributed by atoms with Gasteiger partial charge in [0.1, 0.15) is 11.5 Å². The Hall–Kier alpha value is -2.39. The largest absolute Gasteiger partial charge is 0.459 e. The molecule has 1 aromatic heterocycles. The number of carbonyl (C=O) groups excluding carboxylic acids is 2. The lowest BCUT2D eigenvalue weighted by Gasteiger charge is -2.34. The van der Waals surface area contributed by atoms with Crippen molar-refractivity contribution in [3.8, 4) is 11.3 Å². The Kier molecular flexibility index (Phi) is 9.75. The summed E-state index contributed by atoms with van der Waals surface area (Å²) in [7, 11) is 3.44. The first-order chi connectivity index (χ1) is 15.9. The molecule has 3 rings (SSSR count). The molecular weight excluding hydrogens is 444 g/mol. The Morgan fingerprint density at radius 2 is 1.73 bits per heavy atom. The van der Waals surface area contributed by atoms with Gasteiger partial charge in [0.15, 0.2) is 0 Å². The van der Waals surface area contributed by atoms with Gasteiger partial charge >= 0.3 is 0 Å². The summed E-state index contributed by atoms with van der Waals surface area (Å²) < 4.78 is 10.9. The summed E-state index contributed by atoms with van der Waals surface area (Å²) in [6.45, 7) is 5.50. The quantitative estimate of drug-likeness (QED) is 0.501. The van der Waals surface area contributed by atoms with Gasteiger partial charge in [0, 0.05) is 64.1 Å². The maximum absolute atomic E-state index is 12.7. The van der Waals surface area contributed by atoms with E-state index in [1.807, 2.05) is 36.4 Å². The maximum atomic E-state index is 12.7. The third-order valence-corrected chi connectivity index (χ3v) is 5.90. The Morgan fingerprint density at radius 1 is 1.06 bits per heavy atom. The molecule has 2 aromatic rings. The topological polar surface area (TPSA) is 78.3 Å². The van der Waals surface area contributed by atoms with Crippen molar-refractivity contribution in [2.75, 3.05) is 66.6 Å². The van der Waals surface area contributed by atoms with Gasteiger partial charge in [-0.3, -0.25) is 19.4 Å². The first kappa shape index (κ1) is 25.2. The second-order valence-electron chi connectivity index (χ2n) is 8.27. The van der Waals surface area contributed by atoms with Crippen molar-refractivity contribution < 1.29 is 18.7 Å². The zero-order chi connectivity index (χ0) is 23.6. The first-order valence-corrected chi connectivity index (χ1v) is 11.6. The lowest BCUT2D eigenvalue weighted by atomic mass is 10.2. The van der Waals surface area contributed by atoms with Gasteiger partial charge in [-0.2, -0.15) is 0 Å². The third-order valence-electron chi connectivity index (χ3n) is 5.65. The number of halogens is 1. The smallest absolute Gasteiger partial charge is 0.236 e. The lowest BCUT2D eigenvalue weighted by molar-refractivity contribution is -0.132. The molecule has 0 atom stereocenters. The van der Waals surface area contributed by atoms with Crippen molar-refractivity contribution in [3.63, 3.8) is 0 Å². The van der Waals surface area contributed by atoms with E-state index < -0.39 is 0 Å². The standard InChI is InChI=1S/C24H33ClN4O4/c1-27(16-21-8-9-22(33-21)19-4-6-20(25)7-5-19)24(31)18-29-13-11-28(12-14-29)17-23(30)26-10-3-15-32-2/h4-9H,3,10-18H2,1-2H3,(H,26,30). The average Bonchev–Trinajstić information content (AvgIpc) is 3.27. The van der Waals surface area contributed by atoms with E-state index in [1.54, 1.807) is 19.1 Å². The second kappa shape index (κ2) is 12.7. The number of amides is 2. The number of carbonyl (C=O) groups is 2. The molecule has 1 fully saturated rings. The molecule has 2 heterocycles. The van der Waals surface area contributed by atoms with E-state index in [0.29, 0.717) is 37.8 Å². The molecule has 8 nitrogen and oxygen atoms in total. The van der Waals surface area contributed by atoms with Gasteiger partial charge in [0.25, 0.3) is 0 Å². The van der Waals surface area contributed by atoms with Crippen molar-refractivity contribution in [3.05, 3.63) is 47.2 Å². The first-order valence-electron chi connectivity index (χ1n) is 11.2. The summed E-state index contributed by atoms with van der Waals surface area (Å²) in [5.74, 6) is 1.56. The Morgan fingerprint density at radius 3 is 2.39 bits per heavy atom. The number of furan rings is 1. The van der Waals surface area contributed by atoms with Crippen LogP contribution in [0.25, 0.3) is 11.3 Å². The van der Waals surface area contributed by atoms with E-state index >= 15 is 0 Å². The van der Waals surface area contributed by atoms with Crippen LogP contribution < -0.4 is 5.32 Å². The van der Waals surface area contributed by atoms with Crippen LogP contribution in [-0.2, 0) is 20.9 Å². The average molecular weight is 477 g/mol. The zero-order valence-corrected chi connectivity index (χ0v) is 20.1. The number of nitrogens with one attached hydrogen (secondary N) is 1. The number of rotatable bonds is 11. The van der Waals surface area contributed by atoms with Crippen LogP contribution in [0, 0.1) is 0 Å². The molecular formula is C24H33ClN4O4. The highest BCUT2D eigenvalue weighted by molar-refractivity contribution is 6.30. The predicted octanol–water partition coefficient (Wildman–Crippen LogP) is 2.33. The molecule has 9 heteroatoms. The summed E-state index contributed by atoms with van der Waals surface area (Å²) >= 11 is 5.94. The molecule has 1 saturated heterocycles. The molecule has 1 aliphatic rings. The van der Waals surface area contributed by atoms with Crippen LogP contribution in [0.2, 0.25) is 5.02 Å². The van der Waals surface area contributed by atoms with Crippen LogP contribution in [0.5, 0.6) is 0 Å². The molecule has 0 radical (unpaired) electrons. The van der Waals surface area contributed by atoms with Crippen LogP contribution in [0.3, 0.4) is 0 Å². The minimum Gasteiger partial charge on any atom is -0.459 e. The van der Waals surface area contributed by atoms with E-state index in [9.17, 15) is 9.59 Å². The van der Waals surface area contributed by atoms with Gasteiger partial charge in [-0.05, 0) is 42.8 Å². The van der Waals surface area contributed by atoms with Gasteiger partial charge in [-0.15, -0.1) is 0 Å². The number of benzene rings is 1. The number of hydrogen-bond acceptors (Lipinski definition) is 6. The molecule has 0 unspecified atom stereocenters. The molecule has 1 aromatic carbocycles. The Bertz CT molecular complexity index is 894. The van der Waals surface area contributed by atoms with Gasteiger partial charge in [-0.1, -0.05) is 11.6 Å². The molecule has 0 saturated carbocycles. The number of hydrogen-bond donors (Lipinski definition) is 1. The molecule has 0 bridgehead atoms. The van der Waals surface area contributed by atoms with Crippen molar-refractivity contribution in [2.45, 2.75) is 13.0 Å². The normalized spacial score (nSPS) is 14.9. The highest BCUT2D eigenvalue weighted by Crippen LogP contribution is 2.24. The maximum Gasteiger partial charge on any atom is 0.236 e. The fourth-order valence-electron chi connectivity index (χ4n) is 3.67. The summed E-state index contributed by atoms with van der Waals surface area (Å²) in [6, 6.07) is 11.3. The third kappa shape index (κ3) is 8.16. The van der Waals surface area contributed by atoms with Gasteiger partial charge < -0.3 is 19.4 Å². The number of piperazine rings is 1. The fourth-order valence-corrected chi connectivity index (χ4v) is 3.80. The van der Waals surface area contributed by atoms with Crippen LogP contribution in [0.1, 0.15) is 12.2 Å². The molecule has 2 amide bonds. The van der Waals surface area contributed by atoms with Crippen molar-refractivity contribution in [2.24, 2.45) is 0 Å². The molecule has 180 valence electrons. The molecule has 0 spiro atoms. The van der Waals surface area contributed by atoms with Crippen LogP contribution in [-0.4, -0.2) is 93.1 Å². The van der Waals surface area contributed by atoms with E-state index in [4.69, 9.17) is 20.8 Å². The summed E-state index contributed by atoms with van der Waals surface area (Å²) in [5.41, 5.74) is 0.946. The van der Waals surface area contributed by atoms with Crippen LogP contribution >= 0.6 is 11.6 Å². The Balaban J connectivity index is 1.37. The Labute approximate surface area is 200 Å². The van der Waals surface area contributed by atoms with E-state index in [0.717, 1.165) is 49.7 Å². The van der Waals surface area contributed by atoms with Crippen molar-refractivity contribution in [1.82, 2.24) is 20.0 Å². The fraction of sp³-hybridized carbons (Fsp3) is 0.500. The second-order valence-corrected chi connectivity index (χ2v) is 8.71. The lowest BCUT2D eigenvalue weighted by Crippen LogP contribution is -2.51. The number of likely N-dealkylation sites (N-methyl/N-ethyl adjacent to an activating group) is 1. The zero-order valence-electron chi connectivity index (χ0n) is 19.4. The van der Waals surface area contributed by atoms with Crippen LogP contribution in [0.15, 0.2) is 40.8 Å². The van der Waals surface area contributed by atoms with Crippen LogP contribution in [0.4, 0.5) is 0 Å². The highest BCUT2D eigenvalue weighted by atomic mass is 35.5. The van der Waals surface area contributed by atoms with Crippen molar-refractivity contribution >= 4 is 23.4 Å². The SMILES string of the molecule is COCCCNC(=O)CN1CCN(CC(=O)N(C)Cc2ccc(-c3ccc(Cl)cc3)o2)CC1. The monoisotopic (exact) mass is 476 g/mol. The van der Waals surface area contributed by atoms with Gasteiger partial charge in [-0.25, -0.2) is 0 Å². The summed E-state index contributed by atoms with van der Waals surface area (Å²) in [4.78, 5) is 30.7. The number of ether oxygens (including phenoxy) is 1.